The van der Waals surface area contributed by atoms with Crippen LogP contribution in [0.4, 0.5) is 16.4 Å². The predicted octanol–water partition coefficient (Wildman–Crippen LogP) is 4.68. The Morgan fingerprint density at radius 1 is 1.00 bits per heavy atom. The number of benzene rings is 3. The van der Waals surface area contributed by atoms with E-state index in [0.717, 1.165) is 29.7 Å². The molecular weight excluding hydrogens is 501 g/mol. The van der Waals surface area contributed by atoms with Crippen LogP contribution >= 0.6 is 0 Å². The van der Waals surface area contributed by atoms with Crippen molar-refractivity contribution >= 4 is 42.5 Å². The maximum Gasteiger partial charge on any atom is 0.322 e. The number of hydrogen-bond acceptors (Lipinski definition) is 5. The topological polar surface area (TPSA) is 116 Å². The zero-order chi connectivity index (χ0) is 27.9. The van der Waals surface area contributed by atoms with E-state index < -0.39 is 0 Å². The smallest absolute Gasteiger partial charge is 0.322 e. The van der Waals surface area contributed by atoms with Gasteiger partial charge >= 0.3 is 6.03 Å². The predicted molar refractivity (Wildman–Crippen MR) is 156 cm³/mol. The first kappa shape index (κ1) is 26.9. The lowest BCUT2D eigenvalue weighted by molar-refractivity contribution is 0.102. The summed E-state index contributed by atoms with van der Waals surface area (Å²) in [7, 11) is 5.83. The molecule has 3 N–H and O–H groups in total. The van der Waals surface area contributed by atoms with E-state index in [1.54, 1.807) is 17.0 Å². The Morgan fingerprint density at radius 3 is 2.40 bits per heavy atom. The quantitative estimate of drug-likeness (QED) is 0.286. The molecule has 1 atom stereocenters. The number of allylic oxidation sites excluding steroid dienone is 2. The molecule has 1 aliphatic rings. The minimum atomic E-state index is -0.354. The van der Waals surface area contributed by atoms with Crippen LogP contribution in [0.15, 0.2) is 78.9 Å². The summed E-state index contributed by atoms with van der Waals surface area (Å²) in [6.45, 7) is 2.26. The molecule has 0 bridgehead atoms. The number of amides is 3. The number of tetrazole rings is 1. The highest BCUT2D eigenvalue weighted by atomic mass is 16.2. The molecule has 0 saturated carbocycles. The van der Waals surface area contributed by atoms with Gasteiger partial charge in [-0.1, -0.05) is 65.2 Å². The van der Waals surface area contributed by atoms with Crippen molar-refractivity contribution in [3.05, 3.63) is 101 Å². The first-order valence-electron chi connectivity index (χ1n) is 13.3. The largest absolute Gasteiger partial charge is 0.331 e. The average Bonchev–Trinajstić information content (AvgIpc) is 3.50. The summed E-state index contributed by atoms with van der Waals surface area (Å²) >= 11 is 0. The number of aromatic nitrogens is 4. The van der Waals surface area contributed by atoms with Gasteiger partial charge in [0.15, 0.2) is 0 Å². The monoisotopic (exact) mass is 531 g/mol. The van der Waals surface area contributed by atoms with E-state index in [4.69, 9.17) is 7.85 Å². The van der Waals surface area contributed by atoms with Crippen LogP contribution in [-0.2, 0) is 6.54 Å². The zero-order valence-corrected chi connectivity index (χ0v) is 22.3. The number of urea groups is 1. The summed E-state index contributed by atoms with van der Waals surface area (Å²) in [6.07, 6.45) is 6.94. The Balaban J connectivity index is 1.35. The molecule has 1 heterocycles. The molecule has 3 amide bonds. The molecule has 2 radical (unpaired) electrons. The van der Waals surface area contributed by atoms with Crippen LogP contribution in [-0.4, -0.2) is 40.4 Å². The molecule has 1 aromatic heterocycles. The number of nitrogens with one attached hydrogen (secondary N) is 3. The van der Waals surface area contributed by atoms with E-state index in [2.05, 4.69) is 49.5 Å². The van der Waals surface area contributed by atoms with Crippen molar-refractivity contribution < 1.29 is 9.59 Å². The number of rotatable bonds is 8. The average molecular weight is 531 g/mol. The molecule has 1 aliphatic carbocycles. The third-order valence-electron chi connectivity index (χ3n) is 6.99. The molecule has 3 aromatic carbocycles. The lowest BCUT2D eigenvalue weighted by Gasteiger charge is -2.26. The summed E-state index contributed by atoms with van der Waals surface area (Å²) < 4.78 is 0. The molecule has 0 fully saturated rings. The second-order valence-corrected chi connectivity index (χ2v) is 9.83. The summed E-state index contributed by atoms with van der Waals surface area (Å²) in [5, 5.41) is 18.9. The Morgan fingerprint density at radius 2 is 1.75 bits per heavy atom. The first-order chi connectivity index (χ1) is 19.5. The van der Waals surface area contributed by atoms with Crippen LogP contribution in [0.5, 0.6) is 0 Å². The van der Waals surface area contributed by atoms with Crippen molar-refractivity contribution in [2.75, 3.05) is 10.2 Å². The second kappa shape index (κ2) is 12.4. The van der Waals surface area contributed by atoms with Crippen LogP contribution in [0.25, 0.3) is 5.57 Å². The Hall–Kier alpha value is -4.73. The molecular formula is C30H30BN7O2. The summed E-state index contributed by atoms with van der Waals surface area (Å²) in [6, 6.07) is 22.2. The first-order valence-corrected chi connectivity index (χ1v) is 13.3. The van der Waals surface area contributed by atoms with Gasteiger partial charge in [0.2, 0.25) is 0 Å². The molecule has 10 heteroatoms. The Bertz CT molecular complexity index is 1470. The van der Waals surface area contributed by atoms with Crippen LogP contribution in [0.2, 0.25) is 0 Å². The fourth-order valence-electron chi connectivity index (χ4n) is 4.70. The zero-order valence-electron chi connectivity index (χ0n) is 22.3. The highest BCUT2D eigenvalue weighted by Gasteiger charge is 2.20. The van der Waals surface area contributed by atoms with Crippen molar-refractivity contribution in [1.82, 2.24) is 25.9 Å². The lowest BCUT2D eigenvalue weighted by Crippen LogP contribution is -2.40. The molecule has 0 saturated heterocycles. The lowest BCUT2D eigenvalue weighted by atomic mass is 9.93. The van der Waals surface area contributed by atoms with Gasteiger partial charge in [0.25, 0.3) is 11.9 Å². The second-order valence-electron chi connectivity index (χ2n) is 9.83. The fraction of sp³-hybridized carbons (Fsp3) is 0.233. The standard InChI is InChI=1S/C30H30BN7O2/c1-20(22-11-15-26(31)16-12-22)32-30(40)38(27-17-13-24(14-18-27)23-5-3-2-4-6-23)19-21-7-9-25(10-8-21)28(39)33-29-34-36-37-35-29/h5,7-18,20H,2-4,6,19H2,1H3,(H,32,40)(H2,33,34,35,36,37,39). The highest BCUT2D eigenvalue weighted by Crippen LogP contribution is 2.29. The van der Waals surface area contributed by atoms with Crippen molar-refractivity contribution in [3.8, 4) is 0 Å². The van der Waals surface area contributed by atoms with Gasteiger partial charge in [-0.2, -0.15) is 5.21 Å². The number of carbonyl (C=O) groups excluding carboxylic acids is 2. The maximum atomic E-state index is 13.6. The van der Waals surface area contributed by atoms with Crippen LogP contribution in [0.3, 0.4) is 0 Å². The van der Waals surface area contributed by atoms with Gasteiger partial charge in [0.05, 0.1) is 12.6 Å². The molecule has 0 aliphatic heterocycles. The van der Waals surface area contributed by atoms with E-state index >= 15 is 0 Å². The van der Waals surface area contributed by atoms with Crippen LogP contribution < -0.4 is 21.0 Å². The van der Waals surface area contributed by atoms with E-state index in [1.807, 2.05) is 55.5 Å². The van der Waals surface area contributed by atoms with Gasteiger partial charge in [-0.05, 0) is 84.3 Å². The van der Waals surface area contributed by atoms with Gasteiger partial charge in [-0.15, -0.1) is 5.10 Å². The van der Waals surface area contributed by atoms with Crippen LogP contribution in [0, 0.1) is 0 Å². The summed E-state index contributed by atoms with van der Waals surface area (Å²) in [4.78, 5) is 27.8. The number of hydrogen-bond donors (Lipinski definition) is 3. The third kappa shape index (κ3) is 6.64. The van der Waals surface area contributed by atoms with Crippen LogP contribution in [0.1, 0.15) is 65.7 Å². The molecule has 40 heavy (non-hydrogen) atoms. The van der Waals surface area contributed by atoms with E-state index in [9.17, 15) is 9.59 Å². The number of nitrogens with zero attached hydrogens (tertiary/aromatic N) is 4. The van der Waals surface area contributed by atoms with E-state index in [-0.39, 0.29) is 23.9 Å². The van der Waals surface area contributed by atoms with E-state index in [1.165, 1.54) is 24.0 Å². The van der Waals surface area contributed by atoms with Gasteiger partial charge < -0.3 is 5.32 Å². The van der Waals surface area contributed by atoms with Gasteiger partial charge in [-0.25, -0.2) is 4.79 Å². The Kier molecular flexibility index (Phi) is 8.34. The number of carbonyl (C=O) groups is 2. The molecule has 9 nitrogen and oxygen atoms in total. The van der Waals surface area contributed by atoms with Gasteiger partial charge in [0.1, 0.15) is 7.85 Å². The Labute approximate surface area is 234 Å². The molecule has 4 aromatic rings. The minimum absolute atomic E-state index is 0.0968. The maximum absolute atomic E-state index is 13.6. The number of H-pyrrole nitrogens is 1. The normalized spacial score (nSPS) is 13.7. The van der Waals surface area contributed by atoms with Gasteiger partial charge in [-0.3, -0.25) is 15.0 Å². The minimum Gasteiger partial charge on any atom is -0.331 e. The number of anilines is 2. The molecule has 1 unspecified atom stereocenters. The highest BCUT2D eigenvalue weighted by molar-refractivity contribution is 6.32. The van der Waals surface area contributed by atoms with Crippen molar-refractivity contribution in [3.63, 3.8) is 0 Å². The third-order valence-corrected chi connectivity index (χ3v) is 6.99. The molecule has 5 rings (SSSR count). The molecule has 0 spiro atoms. The summed E-state index contributed by atoms with van der Waals surface area (Å²) in [5.74, 6) is -0.257. The molecule has 200 valence electrons. The summed E-state index contributed by atoms with van der Waals surface area (Å²) in [5.41, 5.74) is 6.26. The van der Waals surface area contributed by atoms with Crippen molar-refractivity contribution in [2.45, 2.75) is 45.2 Å². The van der Waals surface area contributed by atoms with E-state index in [0.29, 0.717) is 17.6 Å². The van der Waals surface area contributed by atoms with Crippen molar-refractivity contribution in [2.24, 2.45) is 0 Å². The SMILES string of the molecule is [B]c1ccc(C(C)NC(=O)N(Cc2ccc(C(=O)Nc3nn[nH]n3)cc2)c2ccc(C3=CCCCC3)cc2)cc1. The fourth-order valence-corrected chi connectivity index (χ4v) is 4.70. The number of aromatic amines is 1. The van der Waals surface area contributed by atoms with Crippen molar-refractivity contribution in [1.29, 1.82) is 0 Å². The van der Waals surface area contributed by atoms with Gasteiger partial charge in [0, 0.05) is 11.3 Å².